The van der Waals surface area contributed by atoms with Gasteiger partial charge in [0.2, 0.25) is 5.91 Å². The number of carbonyl (C=O) groups is 1. The molecule has 0 spiro atoms. The Kier molecular flexibility index (Phi) is 5.10. The lowest BCUT2D eigenvalue weighted by Crippen LogP contribution is -2.44. The van der Waals surface area contributed by atoms with Gasteiger partial charge in [0.15, 0.2) is 0 Å². The van der Waals surface area contributed by atoms with Crippen LogP contribution in [0.3, 0.4) is 0 Å². The summed E-state index contributed by atoms with van der Waals surface area (Å²) in [5.41, 5.74) is 1.21. The third kappa shape index (κ3) is 3.81. The number of likely N-dealkylation sites (tertiary alicyclic amines) is 1. The van der Waals surface area contributed by atoms with Crippen LogP contribution in [0.1, 0.15) is 30.2 Å². The zero-order valence-electron chi connectivity index (χ0n) is 13.0. The Morgan fingerprint density at radius 1 is 1.30 bits per heavy atom. The number of aliphatic hydroxyl groups excluding tert-OH is 1. The molecule has 1 aliphatic rings. The van der Waals surface area contributed by atoms with Gasteiger partial charge in [-0.1, -0.05) is 30.3 Å². The summed E-state index contributed by atoms with van der Waals surface area (Å²) >= 11 is 0. The van der Waals surface area contributed by atoms with Crippen LogP contribution in [0.4, 0.5) is 0 Å². The van der Waals surface area contributed by atoms with Gasteiger partial charge in [0.05, 0.1) is 18.9 Å². The molecule has 2 unspecified atom stereocenters. The SMILES string of the molecule is O=C(NC(CO)c1ccco1)C1CCCN1Cc1ccccc1. The van der Waals surface area contributed by atoms with E-state index in [2.05, 4.69) is 22.3 Å². The van der Waals surface area contributed by atoms with Crippen molar-refractivity contribution >= 4 is 5.91 Å². The van der Waals surface area contributed by atoms with Gasteiger partial charge < -0.3 is 14.8 Å². The molecule has 1 aromatic heterocycles. The fourth-order valence-corrected chi connectivity index (χ4v) is 3.09. The lowest BCUT2D eigenvalue weighted by molar-refractivity contribution is -0.126. The van der Waals surface area contributed by atoms with Crippen LogP contribution in [-0.4, -0.2) is 35.1 Å². The van der Waals surface area contributed by atoms with Crippen molar-refractivity contribution in [2.24, 2.45) is 0 Å². The fraction of sp³-hybridized carbons (Fsp3) is 0.389. The molecule has 1 aliphatic heterocycles. The summed E-state index contributed by atoms with van der Waals surface area (Å²) in [5, 5.41) is 12.4. The predicted molar refractivity (Wildman–Crippen MR) is 86.6 cm³/mol. The van der Waals surface area contributed by atoms with E-state index in [9.17, 15) is 9.90 Å². The van der Waals surface area contributed by atoms with Crippen molar-refractivity contribution in [3.8, 4) is 0 Å². The maximum absolute atomic E-state index is 12.6. The van der Waals surface area contributed by atoms with Gasteiger partial charge in [0, 0.05) is 6.54 Å². The first-order valence-corrected chi connectivity index (χ1v) is 8.00. The Balaban J connectivity index is 1.63. The van der Waals surface area contributed by atoms with Gasteiger partial charge in [-0.3, -0.25) is 9.69 Å². The standard InChI is InChI=1S/C18H22N2O3/c21-13-15(17-9-5-11-23-17)19-18(22)16-8-4-10-20(16)12-14-6-2-1-3-7-14/h1-3,5-7,9,11,15-16,21H,4,8,10,12-13H2,(H,19,22). The highest BCUT2D eigenvalue weighted by molar-refractivity contribution is 5.82. The van der Waals surface area contributed by atoms with Gasteiger partial charge in [-0.2, -0.15) is 0 Å². The van der Waals surface area contributed by atoms with Crippen molar-refractivity contribution in [2.45, 2.75) is 31.5 Å². The molecule has 3 rings (SSSR count). The number of hydrogen-bond acceptors (Lipinski definition) is 4. The summed E-state index contributed by atoms with van der Waals surface area (Å²) < 4.78 is 5.28. The molecular formula is C18H22N2O3. The average molecular weight is 314 g/mol. The van der Waals surface area contributed by atoms with Gasteiger partial charge in [-0.15, -0.1) is 0 Å². The molecule has 1 fully saturated rings. The third-order valence-corrected chi connectivity index (χ3v) is 4.28. The minimum atomic E-state index is -0.489. The Hall–Kier alpha value is -2.11. The molecular weight excluding hydrogens is 292 g/mol. The Bertz CT molecular complexity index is 612. The van der Waals surface area contributed by atoms with Gasteiger partial charge >= 0.3 is 0 Å². The van der Waals surface area contributed by atoms with Crippen LogP contribution in [0, 0.1) is 0 Å². The number of hydrogen-bond donors (Lipinski definition) is 2. The second-order valence-electron chi connectivity index (χ2n) is 5.87. The summed E-state index contributed by atoms with van der Waals surface area (Å²) in [6, 6.07) is 13.0. The second-order valence-corrected chi connectivity index (χ2v) is 5.87. The van der Waals surface area contributed by atoms with Gasteiger partial charge in [0.25, 0.3) is 0 Å². The summed E-state index contributed by atoms with van der Waals surface area (Å²) in [6.07, 6.45) is 3.39. The summed E-state index contributed by atoms with van der Waals surface area (Å²) in [7, 11) is 0. The number of furan rings is 1. The minimum Gasteiger partial charge on any atom is -0.467 e. The summed E-state index contributed by atoms with van der Waals surface area (Å²) in [4.78, 5) is 14.8. The van der Waals surface area contributed by atoms with Crippen LogP contribution in [0.25, 0.3) is 0 Å². The molecule has 1 amide bonds. The maximum Gasteiger partial charge on any atom is 0.238 e. The lowest BCUT2D eigenvalue weighted by Gasteiger charge is -2.25. The van der Waals surface area contributed by atoms with E-state index in [1.54, 1.807) is 18.4 Å². The number of benzene rings is 1. The first kappa shape index (κ1) is 15.8. The molecule has 2 aromatic rings. The smallest absolute Gasteiger partial charge is 0.238 e. The van der Waals surface area contributed by atoms with Crippen molar-refractivity contribution in [1.82, 2.24) is 10.2 Å². The number of nitrogens with zero attached hydrogens (tertiary/aromatic N) is 1. The van der Waals surface area contributed by atoms with Crippen molar-refractivity contribution < 1.29 is 14.3 Å². The van der Waals surface area contributed by atoms with E-state index < -0.39 is 6.04 Å². The minimum absolute atomic E-state index is 0.0473. The van der Waals surface area contributed by atoms with Crippen molar-refractivity contribution in [3.63, 3.8) is 0 Å². The van der Waals surface area contributed by atoms with E-state index in [1.165, 1.54) is 5.56 Å². The highest BCUT2D eigenvalue weighted by atomic mass is 16.3. The summed E-state index contributed by atoms with van der Waals surface area (Å²) in [6.45, 7) is 1.51. The third-order valence-electron chi connectivity index (χ3n) is 4.28. The molecule has 2 N–H and O–H groups in total. The molecule has 0 radical (unpaired) electrons. The molecule has 1 saturated heterocycles. The van der Waals surface area contributed by atoms with Crippen LogP contribution in [0.2, 0.25) is 0 Å². The van der Waals surface area contributed by atoms with E-state index in [1.807, 2.05) is 18.2 Å². The van der Waals surface area contributed by atoms with Crippen LogP contribution in [0.15, 0.2) is 53.1 Å². The number of amides is 1. The zero-order valence-corrected chi connectivity index (χ0v) is 13.0. The maximum atomic E-state index is 12.6. The molecule has 5 heteroatoms. The number of rotatable bonds is 6. The molecule has 23 heavy (non-hydrogen) atoms. The Morgan fingerprint density at radius 3 is 2.83 bits per heavy atom. The van der Waals surface area contributed by atoms with Gasteiger partial charge in [-0.25, -0.2) is 0 Å². The fourth-order valence-electron chi connectivity index (χ4n) is 3.09. The van der Waals surface area contributed by atoms with Gasteiger partial charge in [0.1, 0.15) is 11.8 Å². The van der Waals surface area contributed by atoms with E-state index >= 15 is 0 Å². The molecule has 0 saturated carbocycles. The Morgan fingerprint density at radius 2 is 2.13 bits per heavy atom. The zero-order chi connectivity index (χ0) is 16.1. The van der Waals surface area contributed by atoms with Gasteiger partial charge in [-0.05, 0) is 37.1 Å². The highest BCUT2D eigenvalue weighted by Gasteiger charge is 2.32. The van der Waals surface area contributed by atoms with E-state index in [0.29, 0.717) is 5.76 Å². The molecule has 2 heterocycles. The lowest BCUT2D eigenvalue weighted by atomic mass is 10.1. The molecule has 0 aliphatic carbocycles. The number of aliphatic hydroxyl groups is 1. The number of nitrogens with one attached hydrogen (secondary N) is 1. The van der Waals surface area contributed by atoms with Crippen LogP contribution in [-0.2, 0) is 11.3 Å². The molecule has 122 valence electrons. The van der Waals surface area contributed by atoms with Crippen molar-refractivity contribution in [1.29, 1.82) is 0 Å². The van der Waals surface area contributed by atoms with Crippen LogP contribution >= 0.6 is 0 Å². The van der Waals surface area contributed by atoms with Crippen LogP contribution < -0.4 is 5.32 Å². The predicted octanol–water partition coefficient (Wildman–Crippen LogP) is 2.09. The molecule has 1 aromatic carbocycles. The molecule has 5 nitrogen and oxygen atoms in total. The average Bonchev–Trinajstić information content (AvgIpc) is 3.25. The normalized spacial score (nSPS) is 19.6. The highest BCUT2D eigenvalue weighted by Crippen LogP contribution is 2.21. The van der Waals surface area contributed by atoms with E-state index in [0.717, 1.165) is 25.9 Å². The molecule has 2 atom stereocenters. The quantitative estimate of drug-likeness (QED) is 0.857. The number of carbonyl (C=O) groups excluding carboxylic acids is 1. The molecule has 0 bridgehead atoms. The van der Waals surface area contributed by atoms with E-state index in [-0.39, 0.29) is 18.6 Å². The first-order chi connectivity index (χ1) is 11.3. The largest absolute Gasteiger partial charge is 0.467 e. The summed E-state index contributed by atoms with van der Waals surface area (Å²) in [5.74, 6) is 0.530. The monoisotopic (exact) mass is 314 g/mol. The Labute approximate surface area is 135 Å². The second kappa shape index (κ2) is 7.44. The first-order valence-electron chi connectivity index (χ1n) is 8.00. The topological polar surface area (TPSA) is 65.7 Å². The van der Waals surface area contributed by atoms with Crippen molar-refractivity contribution in [3.05, 3.63) is 60.1 Å². The van der Waals surface area contributed by atoms with E-state index in [4.69, 9.17) is 4.42 Å². The van der Waals surface area contributed by atoms with Crippen molar-refractivity contribution in [2.75, 3.05) is 13.2 Å². The van der Waals surface area contributed by atoms with Crippen LogP contribution in [0.5, 0.6) is 0 Å².